The fraction of sp³-hybridized carbons (Fsp3) is 0.636. The van der Waals surface area contributed by atoms with Crippen molar-refractivity contribution in [3.63, 3.8) is 0 Å². The molecule has 0 fully saturated rings. The number of halogens is 3. The summed E-state index contributed by atoms with van der Waals surface area (Å²) in [6, 6.07) is 0. The summed E-state index contributed by atoms with van der Waals surface area (Å²) in [6.45, 7) is 0.403. The van der Waals surface area contributed by atoms with Crippen LogP contribution < -0.4 is 5.73 Å². The molecule has 0 aromatic rings. The first kappa shape index (κ1) is 14.1. The van der Waals surface area contributed by atoms with E-state index in [-0.39, 0.29) is 12.3 Å². The molecule has 0 aromatic carbocycles. The molecular formula is C11H17F3N2O. The fourth-order valence-corrected chi connectivity index (χ4v) is 1.50. The standard InChI is InChI=1S/C11H17F3N2O/c1-16(2)6-7-17-10(11(12,13)14)5-3-4-9(15)8-10/h3,5,8H,4,6-7,15H2,1-2H3. The van der Waals surface area contributed by atoms with Gasteiger partial charge in [-0.1, -0.05) is 6.08 Å². The largest absolute Gasteiger partial charge is 0.424 e. The molecule has 2 N–H and O–H groups in total. The van der Waals surface area contributed by atoms with Gasteiger partial charge in [-0.3, -0.25) is 0 Å². The fourth-order valence-electron chi connectivity index (χ4n) is 1.50. The second-order valence-electron chi connectivity index (χ2n) is 4.27. The molecule has 1 unspecified atom stereocenters. The molecule has 0 aliphatic heterocycles. The third kappa shape index (κ3) is 3.47. The molecule has 0 spiro atoms. The van der Waals surface area contributed by atoms with Gasteiger partial charge in [-0.25, -0.2) is 0 Å². The highest BCUT2D eigenvalue weighted by Gasteiger charge is 2.53. The maximum atomic E-state index is 13.0. The molecule has 0 saturated carbocycles. The molecule has 98 valence electrons. The van der Waals surface area contributed by atoms with Gasteiger partial charge < -0.3 is 15.4 Å². The zero-order valence-electron chi connectivity index (χ0n) is 9.92. The van der Waals surface area contributed by atoms with Crippen LogP contribution in [0.25, 0.3) is 0 Å². The first-order valence-electron chi connectivity index (χ1n) is 5.27. The van der Waals surface area contributed by atoms with Gasteiger partial charge in [0.05, 0.1) is 6.61 Å². The minimum atomic E-state index is -4.50. The van der Waals surface area contributed by atoms with E-state index in [4.69, 9.17) is 10.5 Å². The minimum absolute atomic E-state index is 0.0133. The van der Waals surface area contributed by atoms with E-state index >= 15 is 0 Å². The molecule has 0 amide bonds. The topological polar surface area (TPSA) is 38.5 Å². The van der Waals surface area contributed by atoms with Crippen molar-refractivity contribution in [2.75, 3.05) is 27.2 Å². The van der Waals surface area contributed by atoms with Crippen molar-refractivity contribution in [3.05, 3.63) is 23.9 Å². The molecule has 0 saturated heterocycles. The Morgan fingerprint density at radius 2 is 2.12 bits per heavy atom. The Balaban J connectivity index is 2.81. The highest BCUT2D eigenvalue weighted by molar-refractivity contribution is 5.28. The van der Waals surface area contributed by atoms with Crippen LogP contribution in [0.2, 0.25) is 0 Å². The minimum Gasteiger partial charge on any atom is -0.402 e. The van der Waals surface area contributed by atoms with Crippen molar-refractivity contribution in [3.8, 4) is 0 Å². The summed E-state index contributed by atoms with van der Waals surface area (Å²) in [5, 5.41) is 0. The number of alkyl halides is 3. The van der Waals surface area contributed by atoms with E-state index in [1.165, 1.54) is 6.08 Å². The van der Waals surface area contributed by atoms with E-state index in [9.17, 15) is 13.2 Å². The summed E-state index contributed by atoms with van der Waals surface area (Å²) in [4.78, 5) is 1.75. The Labute approximate surface area is 98.7 Å². The predicted molar refractivity (Wildman–Crippen MR) is 59.3 cm³/mol. The van der Waals surface area contributed by atoms with E-state index in [0.717, 1.165) is 12.2 Å². The van der Waals surface area contributed by atoms with Gasteiger partial charge in [0.2, 0.25) is 5.60 Å². The second kappa shape index (κ2) is 5.10. The number of likely N-dealkylation sites (N-methyl/N-ethyl adjacent to an activating group) is 1. The average Bonchev–Trinajstić information content (AvgIpc) is 2.15. The van der Waals surface area contributed by atoms with Crippen LogP contribution in [0.3, 0.4) is 0 Å². The van der Waals surface area contributed by atoms with E-state index in [1.807, 2.05) is 0 Å². The van der Waals surface area contributed by atoms with Gasteiger partial charge in [0.1, 0.15) is 0 Å². The summed E-state index contributed by atoms with van der Waals surface area (Å²) in [5.74, 6) is 0. The zero-order valence-corrected chi connectivity index (χ0v) is 9.92. The van der Waals surface area contributed by atoms with Crippen LogP contribution in [-0.2, 0) is 4.74 Å². The van der Waals surface area contributed by atoms with Crippen LogP contribution in [0.1, 0.15) is 6.42 Å². The van der Waals surface area contributed by atoms with Crippen LogP contribution in [-0.4, -0.2) is 43.9 Å². The SMILES string of the molecule is CN(C)CCOC1(C(F)(F)F)C=CCC(N)=C1. The number of ether oxygens (including phenoxy) is 1. The molecule has 17 heavy (non-hydrogen) atoms. The Morgan fingerprint density at radius 1 is 1.47 bits per heavy atom. The van der Waals surface area contributed by atoms with Crippen LogP contribution in [0.5, 0.6) is 0 Å². The Kier molecular flexibility index (Phi) is 4.21. The Bertz CT molecular complexity index is 323. The number of hydrogen-bond acceptors (Lipinski definition) is 3. The van der Waals surface area contributed by atoms with Crippen LogP contribution >= 0.6 is 0 Å². The average molecular weight is 250 g/mol. The summed E-state index contributed by atoms with van der Waals surface area (Å²) in [7, 11) is 3.54. The maximum absolute atomic E-state index is 13.0. The second-order valence-corrected chi connectivity index (χ2v) is 4.27. The van der Waals surface area contributed by atoms with Crippen molar-refractivity contribution in [1.82, 2.24) is 4.90 Å². The van der Waals surface area contributed by atoms with E-state index in [0.29, 0.717) is 13.0 Å². The quantitative estimate of drug-likeness (QED) is 0.771. The number of rotatable bonds is 4. The molecule has 0 radical (unpaired) electrons. The van der Waals surface area contributed by atoms with E-state index < -0.39 is 11.8 Å². The normalized spacial score (nSPS) is 25.2. The smallest absolute Gasteiger partial charge is 0.402 e. The lowest BCUT2D eigenvalue weighted by atomic mass is 9.95. The van der Waals surface area contributed by atoms with Gasteiger partial charge in [-0.2, -0.15) is 13.2 Å². The van der Waals surface area contributed by atoms with Crippen molar-refractivity contribution in [1.29, 1.82) is 0 Å². The molecule has 1 aliphatic carbocycles. The Hall–Kier alpha value is -1.01. The van der Waals surface area contributed by atoms with Gasteiger partial charge in [0, 0.05) is 18.7 Å². The van der Waals surface area contributed by atoms with Crippen molar-refractivity contribution in [2.45, 2.75) is 18.2 Å². The van der Waals surface area contributed by atoms with Crippen molar-refractivity contribution in [2.24, 2.45) is 5.73 Å². The van der Waals surface area contributed by atoms with Crippen LogP contribution in [0.4, 0.5) is 13.2 Å². The van der Waals surface area contributed by atoms with E-state index in [1.54, 1.807) is 19.0 Å². The van der Waals surface area contributed by atoms with Crippen molar-refractivity contribution >= 4 is 0 Å². The lowest BCUT2D eigenvalue weighted by Gasteiger charge is -2.33. The zero-order chi connectivity index (χ0) is 13.1. The number of nitrogens with two attached hydrogens (primary N) is 1. The number of allylic oxidation sites excluding steroid dienone is 1. The molecule has 1 rings (SSSR count). The summed E-state index contributed by atoms with van der Waals surface area (Å²) < 4.78 is 44.0. The van der Waals surface area contributed by atoms with Crippen LogP contribution in [0.15, 0.2) is 23.9 Å². The first-order valence-corrected chi connectivity index (χ1v) is 5.27. The molecule has 0 bridgehead atoms. The lowest BCUT2D eigenvalue weighted by molar-refractivity contribution is -0.239. The van der Waals surface area contributed by atoms with Gasteiger partial charge >= 0.3 is 6.18 Å². The third-order valence-corrected chi connectivity index (χ3v) is 2.44. The van der Waals surface area contributed by atoms with Gasteiger partial charge in [-0.15, -0.1) is 0 Å². The summed E-state index contributed by atoms with van der Waals surface area (Å²) in [6.07, 6.45) is -0.810. The molecule has 1 atom stereocenters. The molecule has 3 nitrogen and oxygen atoms in total. The predicted octanol–water partition coefficient (Wildman–Crippen LogP) is 1.67. The van der Waals surface area contributed by atoms with Crippen molar-refractivity contribution < 1.29 is 17.9 Å². The summed E-state index contributed by atoms with van der Waals surface area (Å²) in [5.41, 5.74) is 3.26. The number of nitrogens with zero attached hydrogens (tertiary/aromatic N) is 1. The van der Waals surface area contributed by atoms with Gasteiger partial charge in [-0.05, 0) is 26.2 Å². The third-order valence-electron chi connectivity index (χ3n) is 2.44. The van der Waals surface area contributed by atoms with Crippen LogP contribution in [0, 0.1) is 0 Å². The van der Waals surface area contributed by atoms with E-state index in [2.05, 4.69) is 0 Å². The molecule has 6 heteroatoms. The Morgan fingerprint density at radius 3 is 2.59 bits per heavy atom. The monoisotopic (exact) mass is 250 g/mol. The summed E-state index contributed by atoms with van der Waals surface area (Å²) >= 11 is 0. The molecule has 1 aliphatic rings. The number of hydrogen-bond donors (Lipinski definition) is 1. The van der Waals surface area contributed by atoms with Gasteiger partial charge in [0.25, 0.3) is 0 Å². The highest BCUT2D eigenvalue weighted by atomic mass is 19.4. The highest BCUT2D eigenvalue weighted by Crippen LogP contribution is 2.38. The molecule has 0 aromatic heterocycles. The first-order chi connectivity index (χ1) is 7.77. The lowest BCUT2D eigenvalue weighted by Crippen LogP contribution is -2.47. The molecule has 0 heterocycles. The maximum Gasteiger partial charge on any atom is 0.424 e. The van der Waals surface area contributed by atoms with Gasteiger partial charge in [0.15, 0.2) is 0 Å². The molecular weight excluding hydrogens is 233 g/mol.